The maximum Gasteiger partial charge on any atom is 0.255 e. The fourth-order valence-electron chi connectivity index (χ4n) is 3.15. The van der Waals surface area contributed by atoms with Crippen molar-refractivity contribution in [2.45, 2.75) is 6.04 Å². The third-order valence-electron chi connectivity index (χ3n) is 4.97. The first kappa shape index (κ1) is 24.3. The number of carbonyl (C=O) groups is 2. The van der Waals surface area contributed by atoms with E-state index >= 15 is 0 Å². The Balaban J connectivity index is 1.69. The third kappa shape index (κ3) is 5.70. The van der Waals surface area contributed by atoms with Crippen molar-refractivity contribution in [3.05, 3.63) is 77.5 Å². The van der Waals surface area contributed by atoms with Crippen molar-refractivity contribution in [2.75, 3.05) is 26.6 Å². The van der Waals surface area contributed by atoms with Crippen LogP contribution in [0.25, 0.3) is 6.08 Å². The number of nitrogens with two attached hydrogens (primary N) is 1. The van der Waals surface area contributed by atoms with Gasteiger partial charge in [0.25, 0.3) is 5.91 Å². The van der Waals surface area contributed by atoms with Gasteiger partial charge in [0, 0.05) is 11.6 Å². The first-order valence-electron chi connectivity index (χ1n) is 10.2. The number of pyridine rings is 1. The monoisotopic (exact) mass is 463 g/mol. The second-order valence-electron chi connectivity index (χ2n) is 7.15. The summed E-state index contributed by atoms with van der Waals surface area (Å²) in [5.74, 6) is 0.573. The van der Waals surface area contributed by atoms with E-state index in [1.54, 1.807) is 42.5 Å². The molecule has 0 fully saturated rings. The van der Waals surface area contributed by atoms with Gasteiger partial charge in [0.15, 0.2) is 17.3 Å². The van der Waals surface area contributed by atoms with Gasteiger partial charge >= 0.3 is 0 Å². The van der Waals surface area contributed by atoms with Gasteiger partial charge in [-0.1, -0.05) is 18.2 Å². The standard InChI is InChI=1S/C25H25N3O6/c1-32-20-12-15(13-21(33-2)24(20)34-3)4-10-19(29)23(26)16-5-7-17(8-6-16)25(31)28-18-9-11-22(30)27-14-18/h4-14,23H,26H2,1-3H3,(H,27,30)(H,28,31)/b10-4+. The predicted octanol–water partition coefficient (Wildman–Crippen LogP) is 3.35. The minimum atomic E-state index is -0.906. The summed E-state index contributed by atoms with van der Waals surface area (Å²) in [6.07, 6.45) is 4.33. The van der Waals surface area contributed by atoms with E-state index in [1.807, 2.05) is 0 Å². The van der Waals surface area contributed by atoms with Gasteiger partial charge in [-0.3, -0.25) is 9.59 Å². The number of rotatable bonds is 9. The average Bonchev–Trinajstić information content (AvgIpc) is 2.87. The lowest BCUT2D eigenvalue weighted by Crippen LogP contribution is -2.20. The Bertz CT molecular complexity index is 1170. The number of nitrogens with one attached hydrogen (secondary N) is 1. The van der Waals surface area contributed by atoms with Crippen molar-refractivity contribution in [2.24, 2.45) is 5.73 Å². The van der Waals surface area contributed by atoms with Crippen molar-refractivity contribution in [3.63, 3.8) is 0 Å². The van der Waals surface area contributed by atoms with Crippen LogP contribution < -0.4 is 25.3 Å². The Morgan fingerprint density at radius 2 is 1.65 bits per heavy atom. The van der Waals surface area contributed by atoms with Gasteiger partial charge in [-0.05, 0) is 47.5 Å². The van der Waals surface area contributed by atoms with E-state index in [0.29, 0.717) is 39.6 Å². The number of ketones is 1. The molecule has 34 heavy (non-hydrogen) atoms. The third-order valence-corrected chi connectivity index (χ3v) is 4.97. The molecule has 0 aliphatic rings. The van der Waals surface area contributed by atoms with E-state index in [0.717, 1.165) is 0 Å². The molecule has 9 nitrogen and oxygen atoms in total. The van der Waals surface area contributed by atoms with Gasteiger partial charge in [0.05, 0.1) is 39.3 Å². The van der Waals surface area contributed by atoms with Crippen molar-refractivity contribution in [1.82, 2.24) is 4.98 Å². The van der Waals surface area contributed by atoms with Crippen LogP contribution in [0, 0.1) is 0 Å². The van der Waals surface area contributed by atoms with Gasteiger partial charge in [0.1, 0.15) is 0 Å². The van der Waals surface area contributed by atoms with Gasteiger partial charge in [-0.25, -0.2) is 4.98 Å². The highest BCUT2D eigenvalue weighted by Crippen LogP contribution is 2.38. The summed E-state index contributed by atoms with van der Waals surface area (Å²) in [5, 5.41) is 11.9. The van der Waals surface area contributed by atoms with E-state index < -0.39 is 6.04 Å². The molecule has 0 saturated carbocycles. The number of aromatic nitrogens is 1. The van der Waals surface area contributed by atoms with Gasteiger partial charge < -0.3 is 30.4 Å². The normalized spacial score (nSPS) is 11.6. The maximum atomic E-state index is 12.6. The van der Waals surface area contributed by atoms with Crippen molar-refractivity contribution in [1.29, 1.82) is 0 Å². The van der Waals surface area contributed by atoms with E-state index in [2.05, 4.69) is 10.3 Å². The van der Waals surface area contributed by atoms with E-state index in [1.165, 1.54) is 45.7 Å². The van der Waals surface area contributed by atoms with Crippen LogP contribution in [-0.4, -0.2) is 43.1 Å². The Morgan fingerprint density at radius 3 is 2.18 bits per heavy atom. The SMILES string of the molecule is COc1cc(/C=C/C(=O)C(N)c2ccc(C(=O)Nc3ccc(O)nc3)cc2)cc(OC)c1OC. The molecule has 0 spiro atoms. The number of hydrogen-bond acceptors (Lipinski definition) is 8. The minimum Gasteiger partial charge on any atom is -0.493 e. The zero-order valence-corrected chi connectivity index (χ0v) is 18.9. The molecule has 0 aliphatic carbocycles. The molecule has 0 aliphatic heterocycles. The van der Waals surface area contributed by atoms with Gasteiger partial charge in [0.2, 0.25) is 11.6 Å². The maximum absolute atomic E-state index is 12.6. The number of nitrogens with zero attached hydrogens (tertiary/aromatic N) is 1. The molecule has 9 heteroatoms. The van der Waals surface area contributed by atoms with Crippen LogP contribution in [0.15, 0.2) is 60.8 Å². The van der Waals surface area contributed by atoms with Crippen molar-refractivity contribution < 1.29 is 28.9 Å². The average molecular weight is 463 g/mol. The number of amides is 1. The molecule has 3 aromatic rings. The second kappa shape index (κ2) is 11.0. The minimum absolute atomic E-state index is 0.139. The second-order valence-corrected chi connectivity index (χ2v) is 7.15. The number of aromatic hydroxyl groups is 1. The molecule has 1 unspecified atom stereocenters. The fourth-order valence-corrected chi connectivity index (χ4v) is 3.15. The number of methoxy groups -OCH3 is 3. The topological polar surface area (TPSA) is 133 Å². The highest BCUT2D eigenvalue weighted by molar-refractivity contribution is 6.04. The smallest absolute Gasteiger partial charge is 0.255 e. The Hall–Kier alpha value is -4.37. The molecular formula is C25H25N3O6. The van der Waals surface area contributed by atoms with Crippen molar-refractivity contribution >= 4 is 23.5 Å². The van der Waals surface area contributed by atoms with Crippen LogP contribution in [0.2, 0.25) is 0 Å². The molecule has 0 radical (unpaired) electrons. The summed E-state index contributed by atoms with van der Waals surface area (Å²) < 4.78 is 15.9. The van der Waals surface area contributed by atoms with Crippen LogP contribution in [0.5, 0.6) is 23.1 Å². The Morgan fingerprint density at radius 1 is 1.00 bits per heavy atom. The van der Waals surface area contributed by atoms with Gasteiger partial charge in [-0.2, -0.15) is 0 Å². The van der Waals surface area contributed by atoms with Crippen LogP contribution in [0.4, 0.5) is 5.69 Å². The van der Waals surface area contributed by atoms with Gasteiger partial charge in [-0.15, -0.1) is 0 Å². The summed E-state index contributed by atoms with van der Waals surface area (Å²) in [6, 6.07) is 11.8. The molecule has 3 rings (SSSR count). The fraction of sp³-hybridized carbons (Fsp3) is 0.160. The molecule has 1 aromatic heterocycles. The molecule has 0 bridgehead atoms. The zero-order valence-electron chi connectivity index (χ0n) is 18.9. The molecule has 1 amide bonds. The Labute approximate surface area is 196 Å². The molecule has 4 N–H and O–H groups in total. The number of benzene rings is 2. The first-order valence-corrected chi connectivity index (χ1v) is 10.2. The van der Waals surface area contributed by atoms with E-state index in [9.17, 15) is 14.7 Å². The summed E-state index contributed by atoms with van der Waals surface area (Å²) >= 11 is 0. The molecule has 2 aromatic carbocycles. The van der Waals surface area contributed by atoms with Crippen molar-refractivity contribution in [3.8, 4) is 23.1 Å². The lowest BCUT2D eigenvalue weighted by molar-refractivity contribution is -0.115. The number of ether oxygens (including phenoxy) is 3. The number of hydrogen-bond donors (Lipinski definition) is 3. The lowest BCUT2D eigenvalue weighted by Gasteiger charge is -2.13. The molecule has 176 valence electrons. The molecule has 1 heterocycles. The number of anilines is 1. The summed E-state index contributed by atoms with van der Waals surface area (Å²) in [6.45, 7) is 0. The van der Waals surface area contributed by atoms with Crippen LogP contribution in [0.1, 0.15) is 27.5 Å². The number of carbonyl (C=O) groups excluding carboxylic acids is 2. The first-order chi connectivity index (χ1) is 16.4. The summed E-state index contributed by atoms with van der Waals surface area (Å²) in [5.41, 5.74) is 8.17. The largest absolute Gasteiger partial charge is 0.493 e. The quantitative estimate of drug-likeness (QED) is 0.412. The highest BCUT2D eigenvalue weighted by atomic mass is 16.5. The predicted molar refractivity (Wildman–Crippen MR) is 127 cm³/mol. The molecule has 0 saturated heterocycles. The lowest BCUT2D eigenvalue weighted by atomic mass is 10.0. The van der Waals surface area contributed by atoms with E-state index in [4.69, 9.17) is 19.9 Å². The van der Waals surface area contributed by atoms with Crippen LogP contribution >= 0.6 is 0 Å². The highest BCUT2D eigenvalue weighted by Gasteiger charge is 2.16. The zero-order chi connectivity index (χ0) is 24.7. The molecular weight excluding hydrogens is 438 g/mol. The molecule has 1 atom stereocenters. The summed E-state index contributed by atoms with van der Waals surface area (Å²) in [4.78, 5) is 28.7. The van der Waals surface area contributed by atoms with Crippen LogP contribution in [-0.2, 0) is 4.79 Å². The summed E-state index contributed by atoms with van der Waals surface area (Å²) in [7, 11) is 4.53. The van der Waals surface area contributed by atoms with Crippen LogP contribution in [0.3, 0.4) is 0 Å². The Kier molecular flexibility index (Phi) is 7.83. The van der Waals surface area contributed by atoms with E-state index in [-0.39, 0.29) is 17.6 Å².